The summed E-state index contributed by atoms with van der Waals surface area (Å²) in [5.41, 5.74) is 3.95. The van der Waals surface area contributed by atoms with Gasteiger partial charge < -0.3 is 20.1 Å². The van der Waals surface area contributed by atoms with Gasteiger partial charge in [-0.25, -0.2) is 9.59 Å². The van der Waals surface area contributed by atoms with Crippen LogP contribution in [0.3, 0.4) is 0 Å². The first-order valence-electron chi connectivity index (χ1n) is 11.8. The van der Waals surface area contributed by atoms with E-state index in [-0.39, 0.29) is 5.91 Å². The second kappa shape index (κ2) is 13.9. The lowest BCUT2D eigenvalue weighted by Crippen LogP contribution is -2.49. The Kier molecular flexibility index (Phi) is 10.8. The van der Waals surface area contributed by atoms with Gasteiger partial charge in [0.05, 0.1) is 22.3 Å². The summed E-state index contributed by atoms with van der Waals surface area (Å²) in [5, 5.41) is 22.8. The van der Waals surface area contributed by atoms with Gasteiger partial charge in [-0.2, -0.15) is 31.4 Å². The second-order valence-corrected chi connectivity index (χ2v) is 10.5. The molecule has 1 fully saturated rings. The number of carbonyl (C=O) groups excluding carboxylic acids is 1. The molecule has 0 bridgehead atoms. The molecule has 1 amide bonds. The Morgan fingerprint density at radius 3 is 2.16 bits per heavy atom. The number of carboxylic acids is 2. The van der Waals surface area contributed by atoms with E-state index < -0.39 is 24.3 Å². The van der Waals surface area contributed by atoms with Crippen LogP contribution in [0, 0.1) is 0 Å². The molecule has 0 spiro atoms. The van der Waals surface area contributed by atoms with Crippen molar-refractivity contribution in [2.45, 2.75) is 25.4 Å². The maximum Gasteiger partial charge on any atom is 0.490 e. The number of H-pyrrole nitrogens is 2. The summed E-state index contributed by atoms with van der Waals surface area (Å²) in [4.78, 5) is 43.0. The molecule has 0 unspecified atom stereocenters. The minimum absolute atomic E-state index is 0.137. The summed E-state index contributed by atoms with van der Waals surface area (Å²) in [7, 11) is 0. The third kappa shape index (κ3) is 9.97. The first kappa shape index (κ1) is 33.3. The fourth-order valence-corrected chi connectivity index (χ4v) is 4.65. The fourth-order valence-electron chi connectivity index (χ4n) is 3.64. The standard InChI is InChI=1S/C20H19ClN6OS.2C2HF3O2/c21-19-2-1-18(29-19)17-8-15(24-25-17)10-26-5-6-27(20(28)12-26)11-14-7-13-9-22-4-3-16(13)23-14;2*3-2(4,5)1(6)7/h1-4,7-9,23H,5-6,10-12H2,(H,24,25);2*(H,6,7). The third-order valence-electron chi connectivity index (χ3n) is 5.57. The predicted octanol–water partition coefficient (Wildman–Crippen LogP) is 4.78. The van der Waals surface area contributed by atoms with Crippen molar-refractivity contribution in [1.29, 1.82) is 0 Å². The van der Waals surface area contributed by atoms with Crippen molar-refractivity contribution in [3.63, 3.8) is 0 Å². The number of carbonyl (C=O) groups is 3. The van der Waals surface area contributed by atoms with Crippen molar-refractivity contribution in [3.8, 4) is 10.6 Å². The first-order valence-corrected chi connectivity index (χ1v) is 13.0. The van der Waals surface area contributed by atoms with Gasteiger partial charge in [-0.15, -0.1) is 11.3 Å². The van der Waals surface area contributed by atoms with Gasteiger partial charge in [0.1, 0.15) is 5.69 Å². The summed E-state index contributed by atoms with van der Waals surface area (Å²) in [6.45, 7) is 3.19. The SMILES string of the molecule is O=C(O)C(F)(F)F.O=C(O)C(F)(F)F.O=C1CN(Cc2cc(-c3ccc(Cl)s3)n[nH]2)CCN1Cc1cc2cnccc2[nH]1. The van der Waals surface area contributed by atoms with Gasteiger partial charge in [0.15, 0.2) is 0 Å². The fraction of sp³-hybridized carbons (Fsp3) is 0.292. The van der Waals surface area contributed by atoms with Crippen molar-refractivity contribution >= 4 is 51.7 Å². The second-order valence-electron chi connectivity index (χ2n) is 8.77. The summed E-state index contributed by atoms with van der Waals surface area (Å²) in [6.07, 6.45) is -6.57. The highest BCUT2D eigenvalue weighted by Gasteiger charge is 2.38. The third-order valence-corrected chi connectivity index (χ3v) is 6.82. The molecule has 1 aliphatic rings. The number of halogens is 7. The molecular weight excluding hydrogens is 634 g/mol. The number of thiophene rings is 1. The van der Waals surface area contributed by atoms with E-state index in [9.17, 15) is 31.1 Å². The molecule has 0 atom stereocenters. The van der Waals surface area contributed by atoms with Crippen LogP contribution in [-0.2, 0) is 27.5 Å². The van der Waals surface area contributed by atoms with E-state index in [4.69, 9.17) is 31.4 Å². The molecule has 232 valence electrons. The zero-order valence-electron chi connectivity index (χ0n) is 21.5. The number of alkyl halides is 6. The number of aromatic amines is 2. The van der Waals surface area contributed by atoms with Gasteiger partial charge in [0.2, 0.25) is 5.91 Å². The number of hydrogen-bond donors (Lipinski definition) is 4. The largest absolute Gasteiger partial charge is 0.490 e. The van der Waals surface area contributed by atoms with Crippen LogP contribution in [0.1, 0.15) is 11.4 Å². The first-order chi connectivity index (χ1) is 20.0. The average molecular weight is 655 g/mol. The van der Waals surface area contributed by atoms with E-state index >= 15 is 0 Å². The molecule has 0 aliphatic carbocycles. The molecule has 4 aromatic rings. The van der Waals surface area contributed by atoms with E-state index in [2.05, 4.69) is 31.1 Å². The quantitative estimate of drug-likeness (QED) is 0.224. The molecule has 1 aliphatic heterocycles. The summed E-state index contributed by atoms with van der Waals surface area (Å²) in [6, 6.07) is 9.87. The van der Waals surface area contributed by atoms with Gasteiger partial charge in [0, 0.05) is 54.3 Å². The van der Waals surface area contributed by atoms with Crippen molar-refractivity contribution in [2.24, 2.45) is 0 Å². The van der Waals surface area contributed by atoms with Gasteiger partial charge >= 0.3 is 24.3 Å². The predicted molar refractivity (Wildman–Crippen MR) is 141 cm³/mol. The number of pyridine rings is 1. The van der Waals surface area contributed by atoms with E-state index in [1.807, 2.05) is 35.4 Å². The number of aromatic nitrogens is 4. The average Bonchev–Trinajstić information content (AvgIpc) is 3.64. The summed E-state index contributed by atoms with van der Waals surface area (Å²) >= 11 is 7.51. The Morgan fingerprint density at radius 1 is 0.977 bits per heavy atom. The number of amides is 1. The highest BCUT2D eigenvalue weighted by molar-refractivity contribution is 7.19. The molecule has 19 heteroatoms. The van der Waals surface area contributed by atoms with Crippen LogP contribution < -0.4 is 0 Å². The number of fused-ring (bicyclic) bond motifs is 1. The van der Waals surface area contributed by atoms with Crippen LogP contribution in [0.2, 0.25) is 4.34 Å². The Hall–Kier alpha value is -4.16. The smallest absolute Gasteiger partial charge is 0.475 e. The highest BCUT2D eigenvalue weighted by atomic mass is 35.5. The Bertz CT molecular complexity index is 1510. The molecule has 4 N–H and O–H groups in total. The van der Waals surface area contributed by atoms with Crippen molar-refractivity contribution < 1.29 is 50.9 Å². The van der Waals surface area contributed by atoms with Gasteiger partial charge in [0.25, 0.3) is 0 Å². The lowest BCUT2D eigenvalue weighted by Gasteiger charge is -2.33. The van der Waals surface area contributed by atoms with E-state index in [1.165, 1.54) is 11.3 Å². The van der Waals surface area contributed by atoms with E-state index in [1.54, 1.807) is 6.20 Å². The monoisotopic (exact) mass is 654 g/mol. The van der Waals surface area contributed by atoms with Crippen LogP contribution in [0.25, 0.3) is 21.5 Å². The van der Waals surface area contributed by atoms with Crippen LogP contribution in [0.4, 0.5) is 26.3 Å². The minimum Gasteiger partial charge on any atom is -0.475 e. The summed E-state index contributed by atoms with van der Waals surface area (Å²) in [5.74, 6) is -5.38. The van der Waals surface area contributed by atoms with E-state index in [0.717, 1.165) is 43.7 Å². The van der Waals surface area contributed by atoms with Crippen LogP contribution in [0.5, 0.6) is 0 Å². The molecule has 0 aromatic carbocycles. The van der Waals surface area contributed by atoms with Gasteiger partial charge in [-0.3, -0.25) is 19.8 Å². The molecule has 11 nitrogen and oxygen atoms in total. The molecule has 1 saturated heterocycles. The maximum atomic E-state index is 12.7. The van der Waals surface area contributed by atoms with Crippen molar-refractivity contribution in [3.05, 3.63) is 58.4 Å². The normalized spacial score (nSPS) is 14.1. The molecule has 5 heterocycles. The zero-order valence-corrected chi connectivity index (χ0v) is 23.1. The molecule has 4 aromatic heterocycles. The Balaban J connectivity index is 0.000000303. The lowest BCUT2D eigenvalue weighted by molar-refractivity contribution is -0.193. The van der Waals surface area contributed by atoms with E-state index in [0.29, 0.717) is 26.2 Å². The molecule has 43 heavy (non-hydrogen) atoms. The van der Waals surface area contributed by atoms with Crippen molar-refractivity contribution in [1.82, 2.24) is 30.0 Å². The van der Waals surface area contributed by atoms with Crippen molar-refractivity contribution in [2.75, 3.05) is 19.6 Å². The van der Waals surface area contributed by atoms with Crippen LogP contribution >= 0.6 is 22.9 Å². The minimum atomic E-state index is -5.08. The number of nitrogens with zero attached hydrogens (tertiary/aromatic N) is 4. The number of aliphatic carboxylic acids is 2. The lowest BCUT2D eigenvalue weighted by atomic mass is 10.2. The maximum absolute atomic E-state index is 12.7. The number of hydrogen-bond acceptors (Lipinski definition) is 7. The number of nitrogens with one attached hydrogen (secondary N) is 2. The molecular formula is C24H21ClF6N6O5S. The van der Waals surface area contributed by atoms with Crippen LogP contribution in [0.15, 0.2) is 42.7 Å². The van der Waals surface area contributed by atoms with Gasteiger partial charge in [-0.05, 0) is 30.3 Å². The summed E-state index contributed by atoms with van der Waals surface area (Å²) < 4.78 is 64.2. The molecule has 0 saturated carbocycles. The number of carboxylic acid groups (broad SMARTS) is 2. The Morgan fingerprint density at radius 2 is 1.63 bits per heavy atom. The zero-order chi connectivity index (χ0) is 31.9. The number of rotatable bonds is 5. The van der Waals surface area contributed by atoms with Crippen LogP contribution in [-0.4, -0.2) is 90.0 Å². The Labute approximate surface area is 246 Å². The van der Waals surface area contributed by atoms with Gasteiger partial charge in [-0.1, -0.05) is 11.6 Å². The molecule has 0 radical (unpaired) electrons. The topological polar surface area (TPSA) is 156 Å². The number of piperazine rings is 1. The highest BCUT2D eigenvalue weighted by Crippen LogP contribution is 2.30. The molecule has 5 rings (SSSR count).